The van der Waals surface area contributed by atoms with Crippen LogP contribution in [0.5, 0.6) is 0 Å². The topological polar surface area (TPSA) is 26.3 Å². The summed E-state index contributed by atoms with van der Waals surface area (Å²) >= 11 is 0. The van der Waals surface area contributed by atoms with Crippen LogP contribution in [-0.2, 0) is 9.53 Å². The Morgan fingerprint density at radius 3 is 2.82 bits per heavy atom. The van der Waals surface area contributed by atoms with Gasteiger partial charge in [0.2, 0.25) is 0 Å². The molecule has 0 aromatic heterocycles. The van der Waals surface area contributed by atoms with E-state index in [1.165, 1.54) is 44.9 Å². The first-order chi connectivity index (χ1) is 10.6. The monoisotopic (exact) mass is 302 g/mol. The van der Waals surface area contributed by atoms with Crippen molar-refractivity contribution in [2.75, 3.05) is 0 Å². The second kappa shape index (κ2) is 5.11. The van der Waals surface area contributed by atoms with Crippen molar-refractivity contribution in [1.29, 1.82) is 0 Å². The van der Waals surface area contributed by atoms with Crippen molar-refractivity contribution in [2.45, 2.75) is 77.7 Å². The van der Waals surface area contributed by atoms with Gasteiger partial charge in [-0.05, 0) is 73.5 Å². The van der Waals surface area contributed by atoms with E-state index in [-0.39, 0.29) is 6.10 Å². The van der Waals surface area contributed by atoms with Gasteiger partial charge in [-0.2, -0.15) is 0 Å². The Balaban J connectivity index is 1.61. The van der Waals surface area contributed by atoms with Crippen molar-refractivity contribution < 1.29 is 9.53 Å². The van der Waals surface area contributed by atoms with Crippen LogP contribution in [0.15, 0.2) is 11.6 Å². The predicted octanol–water partition coefficient (Wildman–Crippen LogP) is 4.88. The molecule has 4 aliphatic carbocycles. The molecule has 3 saturated carbocycles. The van der Waals surface area contributed by atoms with Crippen LogP contribution in [0.25, 0.3) is 0 Å². The Bertz CT molecular complexity index is 496. The second-order valence-electron chi connectivity index (χ2n) is 8.94. The molecule has 4 rings (SSSR count). The maximum absolute atomic E-state index is 10.7. The number of carbonyl (C=O) groups excluding carboxylic acids is 1. The fraction of sp³-hybridized carbons (Fsp3) is 0.850. The highest BCUT2D eigenvalue weighted by atomic mass is 16.5. The maximum atomic E-state index is 10.7. The number of carbonyl (C=O) groups is 1. The Labute approximate surface area is 134 Å². The number of allylic oxidation sites excluding steroid dienone is 1. The van der Waals surface area contributed by atoms with Gasteiger partial charge < -0.3 is 4.74 Å². The number of ether oxygens (including phenoxy) is 1. The third-order valence-corrected chi connectivity index (χ3v) is 8.09. The van der Waals surface area contributed by atoms with Crippen LogP contribution in [0.2, 0.25) is 0 Å². The third-order valence-electron chi connectivity index (χ3n) is 8.09. The standard InChI is InChI=1S/C20H30O2/c1-19-9-3-4-17(19)16-6-5-14-12-15(22-13-21)7-11-20(14,2)18(16)8-10-19/h5,13,15-18H,3-4,6-12H2,1-2H3/t15-,16-,17-,18-,19-,20-/m0/s1. The van der Waals surface area contributed by atoms with Gasteiger partial charge in [-0.25, -0.2) is 0 Å². The number of fused-ring (bicyclic) bond motifs is 5. The Hall–Kier alpha value is -0.790. The molecular formula is C20H30O2. The van der Waals surface area contributed by atoms with Crippen LogP contribution in [-0.4, -0.2) is 12.6 Å². The fourth-order valence-corrected chi connectivity index (χ4v) is 6.82. The zero-order chi connectivity index (χ0) is 15.4. The molecule has 0 aliphatic heterocycles. The van der Waals surface area contributed by atoms with Gasteiger partial charge in [0.05, 0.1) is 0 Å². The molecule has 4 aliphatic rings. The van der Waals surface area contributed by atoms with Gasteiger partial charge in [-0.15, -0.1) is 0 Å². The summed E-state index contributed by atoms with van der Waals surface area (Å²) in [7, 11) is 0. The molecule has 2 nitrogen and oxygen atoms in total. The summed E-state index contributed by atoms with van der Waals surface area (Å²) < 4.78 is 5.28. The first kappa shape index (κ1) is 14.8. The zero-order valence-electron chi connectivity index (χ0n) is 14.1. The molecule has 0 aromatic rings. The predicted molar refractivity (Wildman–Crippen MR) is 87.3 cm³/mol. The Morgan fingerprint density at radius 1 is 1.14 bits per heavy atom. The van der Waals surface area contributed by atoms with Crippen LogP contribution in [0.3, 0.4) is 0 Å². The van der Waals surface area contributed by atoms with Gasteiger partial charge >= 0.3 is 0 Å². The van der Waals surface area contributed by atoms with Gasteiger partial charge in [0.15, 0.2) is 0 Å². The van der Waals surface area contributed by atoms with E-state index in [1.54, 1.807) is 5.57 Å². The molecule has 122 valence electrons. The summed E-state index contributed by atoms with van der Waals surface area (Å²) in [6, 6.07) is 0. The van der Waals surface area contributed by atoms with Gasteiger partial charge in [0.25, 0.3) is 6.47 Å². The summed E-state index contributed by atoms with van der Waals surface area (Å²) in [5.74, 6) is 2.75. The minimum atomic E-state index is 0.133. The molecule has 3 fully saturated rings. The van der Waals surface area contributed by atoms with Crippen molar-refractivity contribution in [3.8, 4) is 0 Å². The number of hydrogen-bond acceptors (Lipinski definition) is 2. The lowest BCUT2D eigenvalue weighted by molar-refractivity contribution is -0.135. The summed E-state index contributed by atoms with van der Waals surface area (Å²) in [4.78, 5) is 10.7. The van der Waals surface area contributed by atoms with E-state index in [9.17, 15) is 4.79 Å². The molecule has 0 saturated heterocycles. The van der Waals surface area contributed by atoms with Crippen molar-refractivity contribution in [3.05, 3.63) is 11.6 Å². The molecule has 0 radical (unpaired) electrons. The lowest BCUT2D eigenvalue weighted by atomic mass is 9.48. The number of hydrogen-bond donors (Lipinski definition) is 0. The maximum Gasteiger partial charge on any atom is 0.293 e. The van der Waals surface area contributed by atoms with Crippen LogP contribution in [0.1, 0.15) is 71.6 Å². The molecule has 22 heavy (non-hydrogen) atoms. The highest BCUT2D eigenvalue weighted by molar-refractivity contribution is 5.38. The quantitative estimate of drug-likeness (QED) is 0.537. The average molecular weight is 302 g/mol. The highest BCUT2D eigenvalue weighted by Crippen LogP contribution is 2.64. The molecule has 0 amide bonds. The molecule has 0 bridgehead atoms. The fourth-order valence-electron chi connectivity index (χ4n) is 6.82. The van der Waals surface area contributed by atoms with E-state index in [1.807, 2.05) is 0 Å². The minimum absolute atomic E-state index is 0.133. The largest absolute Gasteiger partial charge is 0.464 e. The van der Waals surface area contributed by atoms with Gasteiger partial charge in [-0.1, -0.05) is 31.9 Å². The summed E-state index contributed by atoms with van der Waals surface area (Å²) in [6.45, 7) is 5.73. The first-order valence-electron chi connectivity index (χ1n) is 9.35. The van der Waals surface area contributed by atoms with Crippen LogP contribution in [0.4, 0.5) is 0 Å². The molecule has 2 heteroatoms. The summed E-state index contributed by atoms with van der Waals surface area (Å²) in [5.41, 5.74) is 2.63. The average Bonchev–Trinajstić information content (AvgIpc) is 2.89. The molecule has 6 atom stereocenters. The number of rotatable bonds is 2. The normalized spacial score (nSPS) is 50.4. The molecule has 0 spiro atoms. The highest BCUT2D eigenvalue weighted by Gasteiger charge is 2.55. The van der Waals surface area contributed by atoms with Gasteiger partial charge in [0, 0.05) is 6.42 Å². The first-order valence-corrected chi connectivity index (χ1v) is 9.35. The SMILES string of the molecule is C[C@@]12CCC[C@H]1[C@@H]1CC=C3C[C@@H](OC=O)CC[C@]3(C)[C@H]1CC2. The van der Waals surface area contributed by atoms with E-state index >= 15 is 0 Å². The van der Waals surface area contributed by atoms with Gasteiger partial charge in [-0.3, -0.25) is 4.79 Å². The smallest absolute Gasteiger partial charge is 0.293 e. The van der Waals surface area contributed by atoms with Crippen LogP contribution < -0.4 is 0 Å². The lowest BCUT2D eigenvalue weighted by Crippen LogP contribution is -2.49. The second-order valence-corrected chi connectivity index (χ2v) is 8.94. The molecular weight excluding hydrogens is 272 g/mol. The molecule has 0 unspecified atom stereocenters. The van der Waals surface area contributed by atoms with Crippen LogP contribution in [0, 0.1) is 28.6 Å². The lowest BCUT2D eigenvalue weighted by Gasteiger charge is -2.57. The van der Waals surface area contributed by atoms with Gasteiger partial charge in [0.1, 0.15) is 6.10 Å². The van der Waals surface area contributed by atoms with Crippen molar-refractivity contribution in [3.63, 3.8) is 0 Å². The van der Waals surface area contributed by atoms with E-state index in [2.05, 4.69) is 19.9 Å². The molecule has 0 heterocycles. The van der Waals surface area contributed by atoms with E-state index in [4.69, 9.17) is 4.74 Å². The summed E-state index contributed by atoms with van der Waals surface area (Å²) in [6.07, 6.45) is 14.5. The van der Waals surface area contributed by atoms with Crippen molar-refractivity contribution >= 4 is 6.47 Å². The minimum Gasteiger partial charge on any atom is -0.464 e. The van der Waals surface area contributed by atoms with Crippen LogP contribution >= 0.6 is 0 Å². The van der Waals surface area contributed by atoms with E-state index < -0.39 is 0 Å². The zero-order valence-corrected chi connectivity index (χ0v) is 14.1. The third kappa shape index (κ3) is 2.02. The Kier molecular flexibility index (Phi) is 3.43. The molecule has 0 aromatic carbocycles. The summed E-state index contributed by atoms with van der Waals surface area (Å²) in [5, 5.41) is 0. The van der Waals surface area contributed by atoms with Crippen molar-refractivity contribution in [2.24, 2.45) is 28.6 Å². The van der Waals surface area contributed by atoms with E-state index in [0.29, 0.717) is 17.3 Å². The molecule has 0 N–H and O–H groups in total. The Morgan fingerprint density at radius 2 is 2.00 bits per heavy atom. The van der Waals surface area contributed by atoms with E-state index in [0.717, 1.165) is 30.6 Å². The van der Waals surface area contributed by atoms with Crippen molar-refractivity contribution in [1.82, 2.24) is 0 Å².